The van der Waals surface area contributed by atoms with Crippen LogP contribution in [-0.4, -0.2) is 45.4 Å². The Bertz CT molecular complexity index is 972. The molecule has 0 bridgehead atoms. The normalized spacial score (nSPS) is 14.7. The zero-order valence-electron chi connectivity index (χ0n) is 16.4. The van der Waals surface area contributed by atoms with Crippen molar-refractivity contribution in [3.63, 3.8) is 0 Å². The maximum Gasteiger partial charge on any atom is 0.251 e. The Morgan fingerprint density at radius 1 is 1.17 bits per heavy atom. The summed E-state index contributed by atoms with van der Waals surface area (Å²) in [6, 6.07) is 12.1. The van der Waals surface area contributed by atoms with Crippen LogP contribution >= 0.6 is 11.6 Å². The number of carbonyl (C=O) groups is 1. The second-order valence-corrected chi connectivity index (χ2v) is 9.24. The van der Waals surface area contributed by atoms with Crippen LogP contribution in [0.1, 0.15) is 35.2 Å². The molecule has 29 heavy (non-hydrogen) atoms. The third-order valence-electron chi connectivity index (χ3n) is 4.98. The van der Waals surface area contributed by atoms with E-state index in [4.69, 9.17) is 16.3 Å². The Kier molecular flexibility index (Phi) is 7.16. The molecule has 0 radical (unpaired) electrons. The first-order chi connectivity index (χ1) is 13.9. The maximum atomic E-state index is 12.8. The Hall–Kier alpha value is -2.09. The van der Waals surface area contributed by atoms with E-state index in [2.05, 4.69) is 5.32 Å². The number of hydrogen-bond donors (Lipinski definition) is 1. The van der Waals surface area contributed by atoms with Gasteiger partial charge in [0.1, 0.15) is 10.6 Å². The van der Waals surface area contributed by atoms with Crippen molar-refractivity contribution < 1.29 is 17.9 Å². The molecule has 8 heteroatoms. The summed E-state index contributed by atoms with van der Waals surface area (Å²) in [5, 5.41) is 2.97. The molecule has 0 unspecified atom stereocenters. The summed E-state index contributed by atoms with van der Waals surface area (Å²) in [4.78, 5) is 12.5. The number of benzene rings is 2. The van der Waals surface area contributed by atoms with Crippen LogP contribution in [0.3, 0.4) is 0 Å². The highest BCUT2D eigenvalue weighted by Crippen LogP contribution is 2.28. The van der Waals surface area contributed by atoms with Crippen LogP contribution in [0.5, 0.6) is 5.75 Å². The molecule has 0 spiro atoms. The summed E-state index contributed by atoms with van der Waals surface area (Å²) in [5.41, 5.74) is 1.36. The van der Waals surface area contributed by atoms with Crippen LogP contribution < -0.4 is 10.1 Å². The van der Waals surface area contributed by atoms with Gasteiger partial charge in [-0.15, -0.1) is 0 Å². The lowest BCUT2D eigenvalue weighted by Gasteiger charge is -2.17. The molecule has 3 rings (SSSR count). The van der Waals surface area contributed by atoms with Crippen molar-refractivity contribution in [2.45, 2.75) is 30.6 Å². The number of amides is 1. The second kappa shape index (κ2) is 9.61. The van der Waals surface area contributed by atoms with Gasteiger partial charge in [-0.1, -0.05) is 29.8 Å². The molecule has 1 heterocycles. The molecule has 2 aromatic carbocycles. The average Bonchev–Trinajstić information content (AvgIpc) is 3.27. The molecule has 156 valence electrons. The zero-order chi connectivity index (χ0) is 20.9. The largest absolute Gasteiger partial charge is 0.496 e. The summed E-state index contributed by atoms with van der Waals surface area (Å²) in [6.07, 6.45) is 3.17. The van der Waals surface area contributed by atoms with Crippen molar-refractivity contribution in [2.24, 2.45) is 0 Å². The molecule has 1 fully saturated rings. The van der Waals surface area contributed by atoms with Crippen molar-refractivity contribution >= 4 is 27.5 Å². The van der Waals surface area contributed by atoms with Crippen LogP contribution in [0.2, 0.25) is 5.02 Å². The molecule has 0 saturated carbocycles. The fourth-order valence-electron chi connectivity index (χ4n) is 3.40. The highest BCUT2D eigenvalue weighted by molar-refractivity contribution is 7.89. The first kappa shape index (κ1) is 21.6. The lowest BCUT2D eigenvalue weighted by molar-refractivity contribution is 0.0953. The van der Waals surface area contributed by atoms with E-state index in [0.717, 1.165) is 37.0 Å². The highest BCUT2D eigenvalue weighted by atomic mass is 35.5. The molecule has 1 amide bonds. The lowest BCUT2D eigenvalue weighted by atomic mass is 10.1. The number of nitrogens with one attached hydrogen (secondary N) is 1. The molecular formula is C21H25ClN2O4S. The van der Waals surface area contributed by atoms with Crippen molar-refractivity contribution in [2.75, 3.05) is 26.7 Å². The van der Waals surface area contributed by atoms with Crippen LogP contribution in [0.25, 0.3) is 0 Å². The number of halogens is 1. The van der Waals surface area contributed by atoms with E-state index in [9.17, 15) is 13.2 Å². The molecule has 6 nitrogen and oxygen atoms in total. The summed E-state index contributed by atoms with van der Waals surface area (Å²) in [7, 11) is -2.05. The Morgan fingerprint density at radius 3 is 2.62 bits per heavy atom. The smallest absolute Gasteiger partial charge is 0.251 e. The third kappa shape index (κ3) is 5.10. The summed E-state index contributed by atoms with van der Waals surface area (Å²) in [6.45, 7) is 1.43. The van der Waals surface area contributed by atoms with Crippen LogP contribution in [0.4, 0.5) is 0 Å². The lowest BCUT2D eigenvalue weighted by Crippen LogP contribution is -2.29. The van der Waals surface area contributed by atoms with Crippen LogP contribution in [-0.2, 0) is 16.4 Å². The second-order valence-electron chi connectivity index (χ2n) is 6.93. The Labute approximate surface area is 176 Å². The molecule has 1 saturated heterocycles. The van der Waals surface area contributed by atoms with Gasteiger partial charge in [0.05, 0.1) is 12.1 Å². The molecule has 0 aliphatic carbocycles. The minimum absolute atomic E-state index is 0.0114. The summed E-state index contributed by atoms with van der Waals surface area (Å²) < 4.78 is 32.4. The van der Waals surface area contributed by atoms with Gasteiger partial charge in [0.25, 0.3) is 5.91 Å². The Morgan fingerprint density at radius 2 is 1.90 bits per heavy atom. The monoisotopic (exact) mass is 436 g/mol. The van der Waals surface area contributed by atoms with Crippen LogP contribution in [0, 0.1) is 0 Å². The first-order valence-corrected chi connectivity index (χ1v) is 11.4. The van der Waals surface area contributed by atoms with Gasteiger partial charge >= 0.3 is 0 Å². The predicted molar refractivity (Wildman–Crippen MR) is 113 cm³/mol. The molecule has 1 aliphatic rings. The number of nitrogens with zero attached hydrogens (tertiary/aromatic N) is 1. The topological polar surface area (TPSA) is 75.7 Å². The van der Waals surface area contributed by atoms with Gasteiger partial charge < -0.3 is 10.1 Å². The van der Waals surface area contributed by atoms with E-state index in [-0.39, 0.29) is 21.4 Å². The van der Waals surface area contributed by atoms with Crippen molar-refractivity contribution in [1.29, 1.82) is 0 Å². The van der Waals surface area contributed by atoms with Gasteiger partial charge in [-0.25, -0.2) is 8.42 Å². The fourth-order valence-corrected chi connectivity index (χ4v) is 5.42. The van der Waals surface area contributed by atoms with Gasteiger partial charge in [0.15, 0.2) is 0 Å². The minimum atomic E-state index is -3.69. The van der Waals surface area contributed by atoms with Crippen LogP contribution in [0.15, 0.2) is 47.4 Å². The standard InChI is InChI=1S/C21H25ClN2O4S/c1-28-19-9-3-2-7-16(19)8-6-12-23-21(25)17-10-11-18(22)20(15-17)29(26,27)24-13-4-5-14-24/h2-3,7,9-11,15H,4-6,8,12-14H2,1H3,(H,23,25). The third-order valence-corrected chi connectivity index (χ3v) is 7.36. The zero-order valence-corrected chi connectivity index (χ0v) is 17.9. The minimum Gasteiger partial charge on any atom is -0.496 e. The van der Waals surface area contributed by atoms with E-state index >= 15 is 0 Å². The number of aryl methyl sites for hydroxylation is 1. The van der Waals surface area contributed by atoms with Gasteiger partial charge in [-0.05, 0) is 55.5 Å². The van der Waals surface area contributed by atoms with Crippen molar-refractivity contribution in [3.8, 4) is 5.75 Å². The first-order valence-electron chi connectivity index (χ1n) is 9.63. The maximum absolute atomic E-state index is 12.8. The number of hydrogen-bond acceptors (Lipinski definition) is 4. The summed E-state index contributed by atoms with van der Waals surface area (Å²) in [5.74, 6) is 0.507. The molecule has 0 aromatic heterocycles. The van der Waals surface area contributed by atoms with Gasteiger partial charge in [0.2, 0.25) is 10.0 Å². The number of methoxy groups -OCH3 is 1. The quantitative estimate of drug-likeness (QED) is 0.642. The van der Waals surface area contributed by atoms with E-state index in [1.807, 2.05) is 24.3 Å². The number of ether oxygens (including phenoxy) is 1. The predicted octanol–water partition coefficient (Wildman–Crippen LogP) is 3.50. The molecule has 0 atom stereocenters. The molecular weight excluding hydrogens is 412 g/mol. The molecule has 1 N–H and O–H groups in total. The van der Waals surface area contributed by atoms with Gasteiger partial charge in [-0.2, -0.15) is 4.31 Å². The Balaban J connectivity index is 1.62. The SMILES string of the molecule is COc1ccccc1CCCNC(=O)c1ccc(Cl)c(S(=O)(=O)N2CCCC2)c1. The summed E-state index contributed by atoms with van der Waals surface area (Å²) >= 11 is 6.14. The number of rotatable bonds is 8. The molecule has 2 aromatic rings. The van der Waals surface area contributed by atoms with E-state index in [1.165, 1.54) is 16.4 Å². The van der Waals surface area contributed by atoms with E-state index < -0.39 is 10.0 Å². The van der Waals surface area contributed by atoms with Gasteiger partial charge in [0, 0.05) is 25.2 Å². The number of para-hydroxylation sites is 1. The van der Waals surface area contributed by atoms with Crippen molar-refractivity contribution in [3.05, 3.63) is 58.6 Å². The fraction of sp³-hybridized carbons (Fsp3) is 0.381. The van der Waals surface area contributed by atoms with E-state index in [0.29, 0.717) is 19.6 Å². The average molecular weight is 437 g/mol. The highest BCUT2D eigenvalue weighted by Gasteiger charge is 2.29. The van der Waals surface area contributed by atoms with E-state index in [1.54, 1.807) is 13.2 Å². The van der Waals surface area contributed by atoms with Crippen molar-refractivity contribution in [1.82, 2.24) is 9.62 Å². The number of carbonyl (C=O) groups excluding carboxylic acids is 1. The van der Waals surface area contributed by atoms with Gasteiger partial charge in [-0.3, -0.25) is 4.79 Å². The number of sulfonamides is 1. The molecule has 1 aliphatic heterocycles.